The Morgan fingerprint density at radius 3 is 2.40 bits per heavy atom. The number of hydrogen-bond acceptors (Lipinski definition) is 1. The average Bonchev–Trinajstić information content (AvgIpc) is 2.71. The minimum atomic E-state index is 0.739. The molecular formula is C19H31N. The van der Waals surface area contributed by atoms with E-state index in [4.69, 9.17) is 0 Å². The number of aryl methyl sites for hydroxylation is 1. The standard InChI is InChI=1S/C19H31N/c1-3-6-17-7-5-8-19(14-13-17)20-15-18-11-9-16(4-2)10-12-18/h9-12,17,19-20H,3-8,13-15H2,1-2H3. The lowest BCUT2D eigenvalue weighted by molar-refractivity contribution is 0.409. The van der Waals surface area contributed by atoms with Gasteiger partial charge in [-0.3, -0.25) is 0 Å². The van der Waals surface area contributed by atoms with E-state index in [0.717, 1.165) is 24.9 Å². The summed E-state index contributed by atoms with van der Waals surface area (Å²) in [7, 11) is 0. The van der Waals surface area contributed by atoms with Gasteiger partial charge in [0.1, 0.15) is 0 Å². The van der Waals surface area contributed by atoms with Crippen molar-refractivity contribution in [3.63, 3.8) is 0 Å². The van der Waals surface area contributed by atoms with Crippen LogP contribution in [0.4, 0.5) is 0 Å². The molecule has 0 amide bonds. The van der Waals surface area contributed by atoms with Crippen LogP contribution in [0, 0.1) is 5.92 Å². The van der Waals surface area contributed by atoms with Gasteiger partial charge in [0.15, 0.2) is 0 Å². The van der Waals surface area contributed by atoms with Gasteiger partial charge in [0.25, 0.3) is 0 Å². The molecule has 0 aromatic heterocycles. The van der Waals surface area contributed by atoms with Crippen LogP contribution in [-0.4, -0.2) is 6.04 Å². The lowest BCUT2D eigenvalue weighted by Crippen LogP contribution is -2.27. The van der Waals surface area contributed by atoms with Crippen molar-refractivity contribution in [2.45, 2.75) is 77.8 Å². The Kier molecular flexibility index (Phi) is 6.59. The topological polar surface area (TPSA) is 12.0 Å². The number of benzene rings is 1. The highest BCUT2D eigenvalue weighted by atomic mass is 14.9. The molecule has 2 atom stereocenters. The summed E-state index contributed by atoms with van der Waals surface area (Å²) in [5.41, 5.74) is 2.86. The van der Waals surface area contributed by atoms with Gasteiger partial charge in [-0.25, -0.2) is 0 Å². The molecule has 1 aliphatic carbocycles. The van der Waals surface area contributed by atoms with E-state index < -0.39 is 0 Å². The lowest BCUT2D eigenvalue weighted by atomic mass is 9.95. The minimum absolute atomic E-state index is 0.739. The molecule has 1 N–H and O–H groups in total. The summed E-state index contributed by atoms with van der Waals surface area (Å²) in [4.78, 5) is 0. The van der Waals surface area contributed by atoms with Crippen LogP contribution in [0.2, 0.25) is 0 Å². The van der Waals surface area contributed by atoms with Crippen LogP contribution in [0.5, 0.6) is 0 Å². The van der Waals surface area contributed by atoms with Gasteiger partial charge in [-0.1, -0.05) is 63.8 Å². The second-order valence-corrected chi connectivity index (χ2v) is 6.41. The van der Waals surface area contributed by atoms with Crippen LogP contribution in [0.3, 0.4) is 0 Å². The van der Waals surface area contributed by atoms with E-state index in [1.807, 2.05) is 0 Å². The molecule has 1 heteroatoms. The van der Waals surface area contributed by atoms with Gasteiger partial charge in [0.2, 0.25) is 0 Å². The summed E-state index contributed by atoms with van der Waals surface area (Å²) in [5.74, 6) is 0.996. The zero-order valence-electron chi connectivity index (χ0n) is 13.3. The van der Waals surface area contributed by atoms with E-state index in [1.165, 1.54) is 56.1 Å². The summed E-state index contributed by atoms with van der Waals surface area (Å²) in [6.07, 6.45) is 11.0. The minimum Gasteiger partial charge on any atom is -0.310 e. The Hall–Kier alpha value is -0.820. The first kappa shape index (κ1) is 15.6. The van der Waals surface area contributed by atoms with Gasteiger partial charge >= 0.3 is 0 Å². The van der Waals surface area contributed by atoms with Crippen molar-refractivity contribution in [2.75, 3.05) is 0 Å². The quantitative estimate of drug-likeness (QED) is 0.712. The molecule has 2 rings (SSSR count). The van der Waals surface area contributed by atoms with Gasteiger partial charge < -0.3 is 5.32 Å². The fourth-order valence-electron chi connectivity index (χ4n) is 3.43. The van der Waals surface area contributed by atoms with E-state index in [-0.39, 0.29) is 0 Å². The Morgan fingerprint density at radius 2 is 1.70 bits per heavy atom. The van der Waals surface area contributed by atoms with E-state index in [9.17, 15) is 0 Å². The van der Waals surface area contributed by atoms with Crippen LogP contribution >= 0.6 is 0 Å². The zero-order chi connectivity index (χ0) is 14.2. The normalized spacial score (nSPS) is 23.5. The smallest absolute Gasteiger partial charge is 0.0208 e. The molecule has 0 heterocycles. The summed E-state index contributed by atoms with van der Waals surface area (Å²) >= 11 is 0. The summed E-state index contributed by atoms with van der Waals surface area (Å²) in [6, 6.07) is 9.83. The second-order valence-electron chi connectivity index (χ2n) is 6.41. The monoisotopic (exact) mass is 273 g/mol. The number of hydrogen-bond donors (Lipinski definition) is 1. The SMILES string of the molecule is CCCC1CCCC(NCc2ccc(CC)cc2)CC1. The summed E-state index contributed by atoms with van der Waals surface area (Å²) in [5, 5.41) is 3.78. The van der Waals surface area contributed by atoms with Gasteiger partial charge in [-0.2, -0.15) is 0 Å². The first-order valence-electron chi connectivity index (χ1n) is 8.63. The average molecular weight is 273 g/mol. The third-order valence-corrected chi connectivity index (χ3v) is 4.81. The molecule has 1 nitrogen and oxygen atoms in total. The van der Waals surface area contributed by atoms with Gasteiger partial charge in [0.05, 0.1) is 0 Å². The molecule has 0 saturated heterocycles. The van der Waals surface area contributed by atoms with Crippen molar-refractivity contribution in [3.05, 3.63) is 35.4 Å². The van der Waals surface area contributed by atoms with Crippen molar-refractivity contribution in [3.8, 4) is 0 Å². The molecule has 1 aromatic rings. The summed E-state index contributed by atoms with van der Waals surface area (Å²) < 4.78 is 0. The number of rotatable bonds is 6. The van der Waals surface area contributed by atoms with E-state index in [1.54, 1.807) is 0 Å². The molecule has 0 bridgehead atoms. The highest BCUT2D eigenvalue weighted by Gasteiger charge is 2.17. The molecular weight excluding hydrogens is 242 g/mol. The van der Waals surface area contributed by atoms with Crippen molar-refractivity contribution < 1.29 is 0 Å². The van der Waals surface area contributed by atoms with Crippen molar-refractivity contribution in [1.29, 1.82) is 0 Å². The van der Waals surface area contributed by atoms with Gasteiger partial charge in [-0.15, -0.1) is 0 Å². The van der Waals surface area contributed by atoms with Crippen molar-refractivity contribution in [1.82, 2.24) is 5.32 Å². The van der Waals surface area contributed by atoms with Gasteiger partial charge in [0, 0.05) is 12.6 Å². The Morgan fingerprint density at radius 1 is 0.950 bits per heavy atom. The molecule has 20 heavy (non-hydrogen) atoms. The van der Waals surface area contributed by atoms with E-state index in [0.29, 0.717) is 0 Å². The molecule has 112 valence electrons. The predicted octanol–water partition coefficient (Wildman–Crippen LogP) is 5.09. The first-order valence-corrected chi connectivity index (χ1v) is 8.63. The molecule has 0 radical (unpaired) electrons. The lowest BCUT2D eigenvalue weighted by Gasteiger charge is -2.17. The largest absolute Gasteiger partial charge is 0.310 e. The maximum atomic E-state index is 3.78. The summed E-state index contributed by atoms with van der Waals surface area (Å²) in [6.45, 7) is 5.57. The molecule has 1 fully saturated rings. The number of nitrogens with one attached hydrogen (secondary N) is 1. The van der Waals surface area contributed by atoms with Crippen LogP contribution < -0.4 is 5.32 Å². The van der Waals surface area contributed by atoms with Gasteiger partial charge in [-0.05, 0) is 42.7 Å². The first-order chi connectivity index (χ1) is 9.81. The van der Waals surface area contributed by atoms with Crippen molar-refractivity contribution >= 4 is 0 Å². The third kappa shape index (κ3) is 4.94. The maximum Gasteiger partial charge on any atom is 0.0208 e. The molecule has 1 aromatic carbocycles. The zero-order valence-corrected chi connectivity index (χ0v) is 13.3. The molecule has 0 aliphatic heterocycles. The Balaban J connectivity index is 1.75. The fraction of sp³-hybridized carbons (Fsp3) is 0.684. The maximum absolute atomic E-state index is 3.78. The second kappa shape index (κ2) is 8.46. The fourth-order valence-corrected chi connectivity index (χ4v) is 3.43. The molecule has 0 spiro atoms. The van der Waals surface area contributed by atoms with E-state index in [2.05, 4.69) is 43.4 Å². The van der Waals surface area contributed by atoms with Crippen molar-refractivity contribution in [2.24, 2.45) is 5.92 Å². The Bertz CT molecular complexity index is 368. The van der Waals surface area contributed by atoms with E-state index >= 15 is 0 Å². The predicted molar refractivity (Wildman–Crippen MR) is 87.9 cm³/mol. The van der Waals surface area contributed by atoms with Crippen LogP contribution in [0.15, 0.2) is 24.3 Å². The molecule has 1 saturated carbocycles. The Labute approximate surface area is 125 Å². The van der Waals surface area contributed by atoms with Crippen LogP contribution in [0.1, 0.15) is 69.9 Å². The highest BCUT2D eigenvalue weighted by Crippen LogP contribution is 2.26. The van der Waals surface area contributed by atoms with Crippen LogP contribution in [0.25, 0.3) is 0 Å². The third-order valence-electron chi connectivity index (χ3n) is 4.81. The molecule has 2 unspecified atom stereocenters. The highest BCUT2D eigenvalue weighted by molar-refractivity contribution is 5.22. The van der Waals surface area contributed by atoms with Crippen LogP contribution in [-0.2, 0) is 13.0 Å². The molecule has 1 aliphatic rings.